The highest BCUT2D eigenvalue weighted by Crippen LogP contribution is 2.35. The van der Waals surface area contributed by atoms with Crippen LogP contribution in [0.3, 0.4) is 0 Å². The van der Waals surface area contributed by atoms with E-state index in [2.05, 4.69) is 10.1 Å². The summed E-state index contributed by atoms with van der Waals surface area (Å²) in [7, 11) is 0. The Bertz CT molecular complexity index is 448. The molecule has 1 aromatic heterocycles. The first-order chi connectivity index (χ1) is 7.52. The molecule has 0 radical (unpaired) electrons. The maximum Gasteiger partial charge on any atom is 0.314 e. The van der Waals surface area contributed by atoms with Crippen LogP contribution in [0.15, 0.2) is 17.3 Å². The van der Waals surface area contributed by atoms with Crippen molar-refractivity contribution in [3.8, 4) is 0 Å². The summed E-state index contributed by atoms with van der Waals surface area (Å²) >= 11 is 0. The molecule has 0 fully saturated rings. The summed E-state index contributed by atoms with van der Waals surface area (Å²) in [5, 5.41) is 13.4. The van der Waals surface area contributed by atoms with Gasteiger partial charge in [-0.15, -0.1) is 0 Å². The molecular weight excluding hydrogens is 206 g/mol. The predicted molar refractivity (Wildman–Crippen MR) is 60.0 cm³/mol. The second-order valence-corrected chi connectivity index (χ2v) is 4.44. The van der Waals surface area contributed by atoms with E-state index in [9.17, 15) is 9.90 Å². The highest BCUT2D eigenvalue weighted by molar-refractivity contribution is 6.02. The van der Waals surface area contributed by atoms with Crippen molar-refractivity contribution in [3.63, 3.8) is 0 Å². The first-order valence-electron chi connectivity index (χ1n) is 5.34. The van der Waals surface area contributed by atoms with E-state index in [0.717, 1.165) is 5.82 Å². The zero-order chi connectivity index (χ0) is 11.9. The van der Waals surface area contributed by atoms with Gasteiger partial charge >= 0.3 is 5.97 Å². The molecule has 5 heteroatoms. The molecule has 5 nitrogen and oxygen atoms in total. The van der Waals surface area contributed by atoms with Crippen molar-refractivity contribution < 1.29 is 9.90 Å². The molecule has 2 atom stereocenters. The van der Waals surface area contributed by atoms with Gasteiger partial charge in [-0.1, -0.05) is 13.8 Å². The summed E-state index contributed by atoms with van der Waals surface area (Å²) in [4.78, 5) is 15.6. The molecule has 1 aliphatic rings. The van der Waals surface area contributed by atoms with Crippen molar-refractivity contribution in [1.29, 1.82) is 0 Å². The van der Waals surface area contributed by atoms with Gasteiger partial charge in [0.1, 0.15) is 5.92 Å². The monoisotopic (exact) mass is 221 g/mol. The second kappa shape index (κ2) is 3.73. The minimum absolute atomic E-state index is 0.153. The molecule has 0 aromatic carbocycles. The van der Waals surface area contributed by atoms with Gasteiger partial charge in [0.2, 0.25) is 0 Å². The molecular formula is C11H15N3O2. The second-order valence-electron chi connectivity index (χ2n) is 4.44. The van der Waals surface area contributed by atoms with Crippen molar-refractivity contribution >= 4 is 17.5 Å². The number of nitrogens with zero attached hydrogens (tertiary/aromatic N) is 3. The maximum atomic E-state index is 11.3. The molecule has 1 aromatic rings. The van der Waals surface area contributed by atoms with Crippen LogP contribution < -0.4 is 0 Å². The zero-order valence-corrected chi connectivity index (χ0v) is 9.58. The number of aliphatic imine (C=N–C) groups is 1. The molecule has 1 aliphatic heterocycles. The highest BCUT2D eigenvalue weighted by atomic mass is 16.4. The number of aromatic nitrogens is 2. The quantitative estimate of drug-likeness (QED) is 0.829. The number of carboxylic acids is 1. The zero-order valence-electron chi connectivity index (χ0n) is 9.58. The molecule has 0 aliphatic carbocycles. The Balaban J connectivity index is 2.53. The molecule has 0 saturated carbocycles. The number of aliphatic carboxylic acids is 1. The predicted octanol–water partition coefficient (Wildman–Crippen LogP) is 1.89. The highest BCUT2D eigenvalue weighted by Gasteiger charge is 2.38. The average Bonchev–Trinajstić information content (AvgIpc) is 2.61. The summed E-state index contributed by atoms with van der Waals surface area (Å²) in [5.74, 6) is -0.465. The molecule has 86 valence electrons. The van der Waals surface area contributed by atoms with E-state index >= 15 is 0 Å². The molecule has 0 saturated heterocycles. The van der Waals surface area contributed by atoms with E-state index in [4.69, 9.17) is 0 Å². The SMILES string of the molecule is CC1=Nc2ccnn2C(C(C)C)C1C(=O)O. The molecule has 2 heterocycles. The molecule has 0 bridgehead atoms. The van der Waals surface area contributed by atoms with Gasteiger partial charge in [-0.25, -0.2) is 9.67 Å². The van der Waals surface area contributed by atoms with E-state index in [1.165, 1.54) is 0 Å². The standard InChI is InChI=1S/C11H15N3O2/c1-6(2)10-9(11(15)16)7(3)13-8-4-5-12-14(8)10/h4-6,9-10H,1-3H3,(H,15,16). The van der Waals surface area contributed by atoms with Gasteiger partial charge in [-0.2, -0.15) is 5.10 Å². The van der Waals surface area contributed by atoms with Gasteiger partial charge in [0, 0.05) is 11.8 Å². The van der Waals surface area contributed by atoms with Crippen molar-refractivity contribution in [2.75, 3.05) is 0 Å². The van der Waals surface area contributed by atoms with Gasteiger partial charge in [0.15, 0.2) is 5.82 Å². The van der Waals surface area contributed by atoms with Crippen LogP contribution in [0.1, 0.15) is 26.8 Å². The van der Waals surface area contributed by atoms with Crippen LogP contribution in [0, 0.1) is 11.8 Å². The summed E-state index contributed by atoms with van der Waals surface area (Å²) in [6, 6.07) is 1.65. The summed E-state index contributed by atoms with van der Waals surface area (Å²) in [5.41, 5.74) is 0.652. The van der Waals surface area contributed by atoms with Crippen molar-refractivity contribution in [3.05, 3.63) is 12.3 Å². The Kier molecular flexibility index (Phi) is 2.53. The Hall–Kier alpha value is -1.65. The van der Waals surface area contributed by atoms with Gasteiger partial charge in [-0.3, -0.25) is 4.79 Å². The van der Waals surface area contributed by atoms with E-state index < -0.39 is 11.9 Å². The van der Waals surface area contributed by atoms with E-state index in [0.29, 0.717) is 5.71 Å². The minimum atomic E-state index is -0.832. The number of carboxylic acid groups (broad SMARTS) is 1. The number of hydrogen-bond donors (Lipinski definition) is 1. The summed E-state index contributed by atoms with van der Waals surface area (Å²) in [6.07, 6.45) is 1.66. The Morgan fingerprint density at radius 3 is 2.81 bits per heavy atom. The van der Waals surface area contributed by atoms with E-state index in [1.54, 1.807) is 23.9 Å². The Morgan fingerprint density at radius 1 is 1.56 bits per heavy atom. The van der Waals surface area contributed by atoms with E-state index in [1.807, 2.05) is 13.8 Å². The van der Waals surface area contributed by atoms with Crippen LogP contribution in [0.25, 0.3) is 0 Å². The van der Waals surface area contributed by atoms with Crippen LogP contribution in [-0.4, -0.2) is 26.6 Å². The molecule has 0 amide bonds. The molecule has 2 unspecified atom stereocenters. The largest absolute Gasteiger partial charge is 0.481 e. The average molecular weight is 221 g/mol. The Morgan fingerprint density at radius 2 is 2.25 bits per heavy atom. The lowest BCUT2D eigenvalue weighted by atomic mass is 9.86. The topological polar surface area (TPSA) is 67.5 Å². The number of hydrogen-bond acceptors (Lipinski definition) is 3. The van der Waals surface area contributed by atoms with E-state index in [-0.39, 0.29) is 12.0 Å². The fourth-order valence-electron chi connectivity index (χ4n) is 2.26. The molecule has 0 spiro atoms. The normalized spacial score (nSPS) is 24.1. The third-order valence-electron chi connectivity index (χ3n) is 2.96. The first kappa shape index (κ1) is 10.9. The lowest BCUT2D eigenvalue weighted by Gasteiger charge is -2.31. The van der Waals surface area contributed by atoms with Gasteiger partial charge < -0.3 is 5.11 Å². The third kappa shape index (κ3) is 1.52. The van der Waals surface area contributed by atoms with Gasteiger partial charge in [0.05, 0.1) is 12.2 Å². The van der Waals surface area contributed by atoms with Crippen LogP contribution in [0.5, 0.6) is 0 Å². The number of rotatable bonds is 2. The lowest BCUT2D eigenvalue weighted by molar-refractivity contribution is -0.141. The van der Waals surface area contributed by atoms with Crippen LogP contribution >= 0.6 is 0 Å². The fourth-order valence-corrected chi connectivity index (χ4v) is 2.26. The Labute approximate surface area is 93.8 Å². The maximum absolute atomic E-state index is 11.3. The van der Waals surface area contributed by atoms with Crippen LogP contribution in [0.4, 0.5) is 5.82 Å². The van der Waals surface area contributed by atoms with Gasteiger partial charge in [0.25, 0.3) is 0 Å². The van der Waals surface area contributed by atoms with Crippen LogP contribution in [-0.2, 0) is 4.79 Å². The van der Waals surface area contributed by atoms with Crippen molar-refractivity contribution in [2.24, 2.45) is 16.8 Å². The van der Waals surface area contributed by atoms with Gasteiger partial charge in [-0.05, 0) is 12.8 Å². The molecule has 1 N–H and O–H groups in total. The summed E-state index contributed by atoms with van der Waals surface area (Å²) < 4.78 is 1.72. The first-order valence-corrected chi connectivity index (χ1v) is 5.34. The smallest absolute Gasteiger partial charge is 0.314 e. The lowest BCUT2D eigenvalue weighted by Crippen LogP contribution is -2.37. The summed E-state index contributed by atoms with van der Waals surface area (Å²) in [6.45, 7) is 5.78. The molecule has 16 heavy (non-hydrogen) atoms. The number of fused-ring (bicyclic) bond motifs is 1. The fraction of sp³-hybridized carbons (Fsp3) is 0.545. The number of carbonyl (C=O) groups is 1. The van der Waals surface area contributed by atoms with Crippen molar-refractivity contribution in [1.82, 2.24) is 9.78 Å². The van der Waals surface area contributed by atoms with Crippen molar-refractivity contribution in [2.45, 2.75) is 26.8 Å². The minimum Gasteiger partial charge on any atom is -0.481 e. The van der Waals surface area contributed by atoms with Crippen LogP contribution in [0.2, 0.25) is 0 Å². The molecule has 2 rings (SSSR count). The third-order valence-corrected chi connectivity index (χ3v) is 2.96.